The van der Waals surface area contributed by atoms with Crippen LogP contribution in [0, 0.1) is 17.0 Å². The number of hydrogen-bond acceptors (Lipinski definition) is 7. The van der Waals surface area contributed by atoms with Gasteiger partial charge in [-0.05, 0) is 13.3 Å². The number of hydrogen-bond donors (Lipinski definition) is 1. The lowest BCUT2D eigenvalue weighted by Crippen LogP contribution is -2.47. The number of non-ortho nitro benzene ring substituents is 1. The maximum Gasteiger partial charge on any atom is 0.270 e. The molecule has 0 spiro atoms. The Hall–Kier alpha value is -2.58. The second kappa shape index (κ2) is 8.20. The fraction of sp³-hybridized carbons (Fsp3) is 0.444. The van der Waals surface area contributed by atoms with E-state index in [1.165, 1.54) is 12.1 Å². The molecule has 2 heterocycles. The summed E-state index contributed by atoms with van der Waals surface area (Å²) in [7, 11) is 0. The molecule has 1 aliphatic rings. The largest absolute Gasteiger partial charge is 0.396 e. The van der Waals surface area contributed by atoms with Crippen LogP contribution in [0.15, 0.2) is 30.3 Å². The normalized spacial score (nSPS) is 15.2. The van der Waals surface area contributed by atoms with Crippen LogP contribution in [0.2, 0.25) is 0 Å². The van der Waals surface area contributed by atoms with E-state index in [0.717, 1.165) is 50.7 Å². The van der Waals surface area contributed by atoms with Gasteiger partial charge in [-0.15, -0.1) is 0 Å². The summed E-state index contributed by atoms with van der Waals surface area (Å²) in [5.41, 5.74) is 1.51. The number of aromatic nitrogens is 2. The van der Waals surface area contributed by atoms with E-state index in [0.29, 0.717) is 11.4 Å². The monoisotopic (exact) mass is 357 g/mol. The van der Waals surface area contributed by atoms with Crippen LogP contribution in [0.25, 0.3) is 11.4 Å². The molecule has 1 N–H and O–H groups in total. The lowest BCUT2D eigenvalue weighted by atomic mass is 10.2. The Kier molecular flexibility index (Phi) is 5.75. The van der Waals surface area contributed by atoms with Crippen LogP contribution < -0.4 is 4.90 Å². The van der Waals surface area contributed by atoms with Crippen molar-refractivity contribution >= 4 is 11.5 Å². The first-order valence-electron chi connectivity index (χ1n) is 8.75. The third-order valence-corrected chi connectivity index (χ3v) is 4.48. The van der Waals surface area contributed by atoms with Gasteiger partial charge in [0.15, 0.2) is 5.82 Å². The smallest absolute Gasteiger partial charge is 0.270 e. The van der Waals surface area contributed by atoms with E-state index in [9.17, 15) is 10.1 Å². The van der Waals surface area contributed by atoms with Crippen molar-refractivity contribution in [3.8, 4) is 11.4 Å². The third-order valence-electron chi connectivity index (χ3n) is 4.48. The van der Waals surface area contributed by atoms with Crippen LogP contribution in [-0.2, 0) is 0 Å². The predicted molar refractivity (Wildman–Crippen MR) is 99.2 cm³/mol. The minimum atomic E-state index is -0.411. The summed E-state index contributed by atoms with van der Waals surface area (Å²) in [6, 6.07) is 8.36. The Labute approximate surface area is 152 Å². The molecule has 2 aromatic rings. The average molecular weight is 357 g/mol. The van der Waals surface area contributed by atoms with Gasteiger partial charge >= 0.3 is 0 Å². The molecular formula is C18H23N5O3. The van der Waals surface area contributed by atoms with Crippen molar-refractivity contribution in [2.45, 2.75) is 13.3 Å². The second-order valence-electron chi connectivity index (χ2n) is 6.40. The summed E-state index contributed by atoms with van der Waals surface area (Å²) >= 11 is 0. The van der Waals surface area contributed by atoms with Crippen molar-refractivity contribution in [1.29, 1.82) is 0 Å². The first-order valence-corrected chi connectivity index (χ1v) is 8.75. The summed E-state index contributed by atoms with van der Waals surface area (Å²) < 4.78 is 0. The van der Waals surface area contributed by atoms with Crippen LogP contribution in [-0.4, -0.2) is 64.2 Å². The molecule has 1 aliphatic heterocycles. The SMILES string of the molecule is Cc1cc(N2CCN(CCCO)CC2)nc(-c2cccc([N+](=O)[O-])c2)n1. The van der Waals surface area contributed by atoms with Crippen molar-refractivity contribution in [3.05, 3.63) is 46.1 Å². The van der Waals surface area contributed by atoms with E-state index in [2.05, 4.69) is 19.8 Å². The summed E-state index contributed by atoms with van der Waals surface area (Å²) in [4.78, 5) is 24.3. The predicted octanol–water partition coefficient (Wildman–Crippen LogP) is 1.86. The first-order chi connectivity index (χ1) is 12.6. The Morgan fingerprint density at radius 3 is 2.65 bits per heavy atom. The van der Waals surface area contributed by atoms with Crippen LogP contribution in [0.4, 0.5) is 11.5 Å². The fourth-order valence-corrected chi connectivity index (χ4v) is 3.10. The summed E-state index contributed by atoms with van der Waals surface area (Å²) in [5.74, 6) is 1.35. The molecule has 0 saturated carbocycles. The molecule has 0 bridgehead atoms. The van der Waals surface area contributed by atoms with Gasteiger partial charge in [-0.25, -0.2) is 9.97 Å². The van der Waals surface area contributed by atoms with Crippen molar-refractivity contribution < 1.29 is 10.0 Å². The minimum absolute atomic E-state index is 0.0339. The number of nitro groups is 1. The number of aryl methyl sites for hydroxylation is 1. The number of piperazine rings is 1. The highest BCUT2D eigenvalue weighted by Crippen LogP contribution is 2.24. The van der Waals surface area contributed by atoms with E-state index >= 15 is 0 Å². The Morgan fingerprint density at radius 1 is 1.19 bits per heavy atom. The van der Waals surface area contributed by atoms with Gasteiger partial charge in [0.05, 0.1) is 4.92 Å². The maximum absolute atomic E-state index is 11.0. The number of aliphatic hydroxyl groups is 1. The van der Waals surface area contributed by atoms with E-state index in [1.54, 1.807) is 12.1 Å². The Morgan fingerprint density at radius 2 is 1.96 bits per heavy atom. The summed E-state index contributed by atoms with van der Waals surface area (Å²) in [6.45, 7) is 6.60. The van der Waals surface area contributed by atoms with Crippen molar-refractivity contribution in [3.63, 3.8) is 0 Å². The molecule has 0 radical (unpaired) electrons. The Bertz CT molecular complexity index is 775. The number of benzene rings is 1. The van der Waals surface area contributed by atoms with Gasteiger partial charge in [-0.2, -0.15) is 0 Å². The minimum Gasteiger partial charge on any atom is -0.396 e. The number of nitrogens with zero attached hydrogens (tertiary/aromatic N) is 5. The van der Waals surface area contributed by atoms with Crippen LogP contribution >= 0.6 is 0 Å². The quantitative estimate of drug-likeness (QED) is 0.623. The van der Waals surface area contributed by atoms with E-state index < -0.39 is 4.92 Å². The highest BCUT2D eigenvalue weighted by atomic mass is 16.6. The highest BCUT2D eigenvalue weighted by Gasteiger charge is 2.19. The van der Waals surface area contributed by atoms with Gasteiger partial charge in [0.2, 0.25) is 0 Å². The molecule has 3 rings (SSSR count). The van der Waals surface area contributed by atoms with Gasteiger partial charge < -0.3 is 10.0 Å². The zero-order chi connectivity index (χ0) is 18.5. The molecule has 0 aliphatic carbocycles. The van der Waals surface area contributed by atoms with Crippen molar-refractivity contribution in [2.24, 2.45) is 0 Å². The van der Waals surface area contributed by atoms with Gasteiger partial charge in [-0.3, -0.25) is 15.0 Å². The number of rotatable bonds is 6. The van der Waals surface area contributed by atoms with Gasteiger partial charge in [0.25, 0.3) is 5.69 Å². The molecule has 0 atom stereocenters. The molecule has 8 heteroatoms. The van der Waals surface area contributed by atoms with Crippen LogP contribution in [0.5, 0.6) is 0 Å². The van der Waals surface area contributed by atoms with Crippen molar-refractivity contribution in [2.75, 3.05) is 44.2 Å². The van der Waals surface area contributed by atoms with E-state index in [1.807, 2.05) is 13.0 Å². The molecular weight excluding hydrogens is 334 g/mol. The van der Waals surface area contributed by atoms with Gasteiger partial charge in [0.1, 0.15) is 5.82 Å². The second-order valence-corrected chi connectivity index (χ2v) is 6.40. The topological polar surface area (TPSA) is 95.6 Å². The van der Waals surface area contributed by atoms with Crippen LogP contribution in [0.3, 0.4) is 0 Å². The molecule has 1 fully saturated rings. The average Bonchev–Trinajstić information content (AvgIpc) is 2.66. The third kappa shape index (κ3) is 4.33. The number of nitro benzene ring substituents is 1. The molecule has 8 nitrogen and oxygen atoms in total. The highest BCUT2D eigenvalue weighted by molar-refractivity contribution is 5.61. The van der Waals surface area contributed by atoms with Crippen molar-refractivity contribution in [1.82, 2.24) is 14.9 Å². The van der Waals surface area contributed by atoms with E-state index in [4.69, 9.17) is 5.11 Å². The zero-order valence-electron chi connectivity index (χ0n) is 14.8. The summed E-state index contributed by atoms with van der Waals surface area (Å²) in [5, 5.41) is 20.0. The standard InChI is InChI=1S/C18H23N5O3/c1-14-12-17(22-9-7-21(8-10-22)6-3-11-24)20-18(19-14)15-4-2-5-16(13-15)23(25)26/h2,4-5,12-13,24H,3,6-11H2,1H3. The van der Waals surface area contributed by atoms with E-state index in [-0.39, 0.29) is 12.3 Å². The van der Waals surface area contributed by atoms with Crippen LogP contribution in [0.1, 0.15) is 12.1 Å². The lowest BCUT2D eigenvalue weighted by Gasteiger charge is -2.35. The molecule has 138 valence electrons. The number of anilines is 1. The lowest BCUT2D eigenvalue weighted by molar-refractivity contribution is -0.384. The number of aliphatic hydroxyl groups excluding tert-OH is 1. The summed E-state index contributed by atoms with van der Waals surface area (Å²) in [6.07, 6.45) is 0.795. The first kappa shape index (κ1) is 18.2. The zero-order valence-corrected chi connectivity index (χ0v) is 14.8. The molecule has 0 amide bonds. The molecule has 1 aromatic heterocycles. The maximum atomic E-state index is 11.0. The molecule has 1 saturated heterocycles. The Balaban J connectivity index is 1.78. The van der Waals surface area contributed by atoms with Gasteiger partial charge in [0, 0.05) is 68.8 Å². The fourth-order valence-electron chi connectivity index (χ4n) is 3.10. The molecule has 1 aromatic carbocycles. The molecule has 26 heavy (non-hydrogen) atoms. The molecule has 0 unspecified atom stereocenters. The van der Waals surface area contributed by atoms with Gasteiger partial charge in [-0.1, -0.05) is 12.1 Å².